The van der Waals surface area contributed by atoms with Gasteiger partial charge in [-0.25, -0.2) is 4.79 Å². The average molecular weight is 649 g/mol. The van der Waals surface area contributed by atoms with Crippen molar-refractivity contribution in [2.24, 2.45) is 5.73 Å². The highest BCUT2D eigenvalue weighted by molar-refractivity contribution is 5.83. The van der Waals surface area contributed by atoms with Crippen LogP contribution < -0.4 is 11.1 Å². The zero-order chi connectivity index (χ0) is 33.9. The highest BCUT2D eigenvalue weighted by atomic mass is 16.5. The highest BCUT2D eigenvalue weighted by Gasteiger charge is 2.19. The van der Waals surface area contributed by atoms with Gasteiger partial charge in [-0.2, -0.15) is 0 Å². The van der Waals surface area contributed by atoms with Gasteiger partial charge in [-0.1, -0.05) is 115 Å². The van der Waals surface area contributed by atoms with Gasteiger partial charge in [-0.15, -0.1) is 0 Å². The van der Waals surface area contributed by atoms with Gasteiger partial charge in [0.25, 0.3) is 0 Å². The first kappa shape index (κ1) is 43.9. The summed E-state index contributed by atoms with van der Waals surface area (Å²) in [4.78, 5) is 36.1. The van der Waals surface area contributed by atoms with Gasteiger partial charge in [0.1, 0.15) is 12.1 Å². The van der Waals surface area contributed by atoms with Crippen molar-refractivity contribution < 1.29 is 24.2 Å². The van der Waals surface area contributed by atoms with Crippen LogP contribution in [0, 0.1) is 0 Å². The third kappa shape index (κ3) is 30.5. The molecule has 0 aliphatic heterocycles. The minimum absolute atomic E-state index is 0.0148. The Balaban J connectivity index is 4.13. The van der Waals surface area contributed by atoms with Crippen molar-refractivity contribution in [2.45, 2.75) is 199 Å². The molecular weight excluding hydrogens is 576 g/mol. The predicted octanol–water partition coefficient (Wildman–Crippen LogP) is 10.1. The fraction of sp³-hybridized carbons (Fsp3) is 0.821. The van der Waals surface area contributed by atoms with Crippen molar-refractivity contribution in [1.29, 1.82) is 0 Å². The molecule has 1 amide bonds. The van der Waals surface area contributed by atoms with Gasteiger partial charge in [0.15, 0.2) is 0 Å². The highest BCUT2D eigenvalue weighted by Crippen LogP contribution is 2.18. The fourth-order valence-electron chi connectivity index (χ4n) is 5.60. The number of aliphatic carboxylic acids is 1. The molecule has 7 heteroatoms. The van der Waals surface area contributed by atoms with E-state index in [2.05, 4.69) is 43.5 Å². The maximum atomic E-state index is 12.6. The Morgan fingerprint density at radius 3 is 1.70 bits per heavy atom. The van der Waals surface area contributed by atoms with Gasteiger partial charge in [0.2, 0.25) is 5.91 Å². The quantitative estimate of drug-likeness (QED) is 0.0363. The Morgan fingerprint density at radius 1 is 0.630 bits per heavy atom. The smallest absolute Gasteiger partial charge is 0.326 e. The second-order valence-corrected chi connectivity index (χ2v) is 13.0. The standard InChI is InChI=1S/C39H72N2O5/c1-3-5-7-9-10-11-12-13-14-15-16-17-18-19-21-27-33-38(43)46-35(29-24-20-8-6-4-2)30-25-22-23-26-32-37(42)41-36(39(44)45)31-28-34-40/h11-12,14-15,35-36H,3-10,13,16-34,40H2,1-2H3,(H,41,42)(H,44,45)/b12-11-,15-14-. The van der Waals surface area contributed by atoms with Crippen molar-refractivity contribution in [3.8, 4) is 0 Å². The SMILES string of the molecule is CCCCCC/C=C\C/C=C\CCCCCCCC(=O)OC(CCCCCCC)CCCCCCC(=O)NC(CCCN)C(=O)O. The summed E-state index contributed by atoms with van der Waals surface area (Å²) < 4.78 is 5.94. The summed E-state index contributed by atoms with van der Waals surface area (Å²) in [6.45, 7) is 4.87. The van der Waals surface area contributed by atoms with Gasteiger partial charge in [0, 0.05) is 12.8 Å². The Labute approximate surface area is 283 Å². The van der Waals surface area contributed by atoms with Gasteiger partial charge in [-0.3, -0.25) is 9.59 Å². The topological polar surface area (TPSA) is 119 Å². The van der Waals surface area contributed by atoms with Crippen molar-refractivity contribution in [1.82, 2.24) is 5.32 Å². The molecule has 0 saturated heterocycles. The number of carboxylic acids is 1. The van der Waals surface area contributed by atoms with Crippen LogP contribution in [0.15, 0.2) is 24.3 Å². The summed E-state index contributed by atoms with van der Waals surface area (Å²) in [6.07, 6.45) is 36.6. The van der Waals surface area contributed by atoms with Crippen molar-refractivity contribution in [3.05, 3.63) is 24.3 Å². The molecule has 2 atom stereocenters. The number of ether oxygens (including phenoxy) is 1. The van der Waals surface area contributed by atoms with Crippen LogP contribution >= 0.6 is 0 Å². The molecule has 0 spiro atoms. The number of esters is 1. The van der Waals surface area contributed by atoms with Crippen LogP contribution in [0.1, 0.15) is 187 Å². The van der Waals surface area contributed by atoms with Crippen LogP contribution in [0.4, 0.5) is 0 Å². The maximum Gasteiger partial charge on any atom is 0.326 e. The Bertz CT molecular complexity index is 782. The lowest BCUT2D eigenvalue weighted by Gasteiger charge is -2.18. The molecule has 0 aliphatic rings. The minimum Gasteiger partial charge on any atom is -0.480 e. The lowest BCUT2D eigenvalue weighted by molar-refractivity contribution is -0.150. The third-order valence-electron chi connectivity index (χ3n) is 8.52. The number of nitrogens with one attached hydrogen (secondary N) is 1. The molecule has 0 rings (SSSR count). The molecule has 7 nitrogen and oxygen atoms in total. The van der Waals surface area contributed by atoms with E-state index in [1.54, 1.807) is 0 Å². The monoisotopic (exact) mass is 649 g/mol. The van der Waals surface area contributed by atoms with E-state index in [9.17, 15) is 19.5 Å². The lowest BCUT2D eigenvalue weighted by atomic mass is 10.0. The average Bonchev–Trinajstić information content (AvgIpc) is 3.03. The second kappa shape index (κ2) is 34.2. The number of carbonyl (C=O) groups is 3. The number of nitrogens with two attached hydrogens (primary N) is 1. The maximum absolute atomic E-state index is 12.6. The lowest BCUT2D eigenvalue weighted by Crippen LogP contribution is -2.40. The molecule has 0 aromatic rings. The first-order chi connectivity index (χ1) is 22.4. The van der Waals surface area contributed by atoms with Crippen LogP contribution in [-0.4, -0.2) is 41.6 Å². The molecule has 0 aromatic carbocycles. The van der Waals surface area contributed by atoms with E-state index in [0.717, 1.165) is 70.6 Å². The molecule has 0 fully saturated rings. The minimum atomic E-state index is -1.01. The number of unbranched alkanes of at least 4 members (excludes halogenated alkanes) is 16. The normalized spacial score (nSPS) is 12.9. The number of carbonyl (C=O) groups excluding carboxylic acids is 2. The number of amides is 1. The largest absolute Gasteiger partial charge is 0.480 e. The van der Waals surface area contributed by atoms with Gasteiger partial charge in [-0.05, 0) is 90.0 Å². The van der Waals surface area contributed by atoms with E-state index in [4.69, 9.17) is 10.5 Å². The number of carboxylic acid groups (broad SMARTS) is 1. The molecule has 0 heterocycles. The molecule has 268 valence electrons. The number of rotatable bonds is 34. The van der Waals surface area contributed by atoms with Crippen LogP contribution in [0.25, 0.3) is 0 Å². The second-order valence-electron chi connectivity index (χ2n) is 13.0. The predicted molar refractivity (Wildman–Crippen MR) is 193 cm³/mol. The van der Waals surface area contributed by atoms with E-state index >= 15 is 0 Å². The molecule has 0 bridgehead atoms. The van der Waals surface area contributed by atoms with Crippen molar-refractivity contribution >= 4 is 17.8 Å². The molecule has 4 N–H and O–H groups in total. The third-order valence-corrected chi connectivity index (χ3v) is 8.52. The number of allylic oxidation sites excluding steroid dienone is 4. The molecule has 0 aliphatic carbocycles. The first-order valence-electron chi connectivity index (χ1n) is 19.2. The molecule has 2 unspecified atom stereocenters. The van der Waals surface area contributed by atoms with Crippen LogP contribution in [0.3, 0.4) is 0 Å². The van der Waals surface area contributed by atoms with E-state index < -0.39 is 12.0 Å². The zero-order valence-corrected chi connectivity index (χ0v) is 29.9. The van der Waals surface area contributed by atoms with Gasteiger partial charge >= 0.3 is 11.9 Å². The molecule has 46 heavy (non-hydrogen) atoms. The van der Waals surface area contributed by atoms with Crippen LogP contribution in [0.2, 0.25) is 0 Å². The molecular formula is C39H72N2O5. The number of hydrogen-bond donors (Lipinski definition) is 3. The fourth-order valence-corrected chi connectivity index (χ4v) is 5.60. The first-order valence-corrected chi connectivity index (χ1v) is 19.2. The Kier molecular flexibility index (Phi) is 32.6. The van der Waals surface area contributed by atoms with Crippen molar-refractivity contribution in [3.63, 3.8) is 0 Å². The molecule has 0 radical (unpaired) electrons. The van der Waals surface area contributed by atoms with E-state index in [1.165, 1.54) is 77.0 Å². The molecule has 0 aromatic heterocycles. The summed E-state index contributed by atoms with van der Waals surface area (Å²) in [5.74, 6) is -1.28. The summed E-state index contributed by atoms with van der Waals surface area (Å²) in [5, 5.41) is 11.9. The summed E-state index contributed by atoms with van der Waals surface area (Å²) in [5.41, 5.74) is 5.46. The summed E-state index contributed by atoms with van der Waals surface area (Å²) in [7, 11) is 0. The number of hydrogen-bond acceptors (Lipinski definition) is 5. The zero-order valence-electron chi connectivity index (χ0n) is 29.9. The van der Waals surface area contributed by atoms with E-state index in [0.29, 0.717) is 32.2 Å². The van der Waals surface area contributed by atoms with E-state index in [1.807, 2.05) is 0 Å². The van der Waals surface area contributed by atoms with Crippen LogP contribution in [-0.2, 0) is 19.1 Å². The Hall–Kier alpha value is -2.15. The van der Waals surface area contributed by atoms with Crippen LogP contribution in [0.5, 0.6) is 0 Å². The molecule has 0 saturated carbocycles. The van der Waals surface area contributed by atoms with E-state index in [-0.39, 0.29) is 18.0 Å². The summed E-state index contributed by atoms with van der Waals surface area (Å²) in [6, 6.07) is -0.862. The van der Waals surface area contributed by atoms with Crippen molar-refractivity contribution in [2.75, 3.05) is 6.54 Å². The van der Waals surface area contributed by atoms with Gasteiger partial charge < -0.3 is 20.9 Å². The Morgan fingerprint density at radius 2 is 1.13 bits per heavy atom. The summed E-state index contributed by atoms with van der Waals surface area (Å²) >= 11 is 0. The van der Waals surface area contributed by atoms with Gasteiger partial charge in [0.05, 0.1) is 0 Å².